The summed E-state index contributed by atoms with van der Waals surface area (Å²) >= 11 is 0. The molecule has 0 fully saturated rings. The fourth-order valence-corrected chi connectivity index (χ4v) is 4.69. The Bertz CT molecular complexity index is 295. The molecule has 78 valence electrons. The number of hydrogen-bond acceptors (Lipinski definition) is 1. The molecule has 2 heteroatoms. The van der Waals surface area contributed by atoms with Gasteiger partial charge in [0.25, 0.3) is 0 Å². The van der Waals surface area contributed by atoms with Gasteiger partial charge in [0.1, 0.15) is 7.14 Å². The maximum atomic E-state index is 12.6. The fraction of sp³-hybridized carbons (Fsp3) is 0.500. The molecule has 1 aromatic rings. The van der Waals surface area contributed by atoms with Crippen LogP contribution in [0.1, 0.15) is 26.7 Å². The van der Waals surface area contributed by atoms with Crippen molar-refractivity contribution in [1.29, 1.82) is 0 Å². The van der Waals surface area contributed by atoms with Crippen LogP contribution in [0.15, 0.2) is 30.3 Å². The lowest BCUT2D eigenvalue weighted by atomic mass is 10.4. The summed E-state index contributed by atoms with van der Waals surface area (Å²) < 4.78 is 12.6. The van der Waals surface area contributed by atoms with Gasteiger partial charge < -0.3 is 4.57 Å². The molecule has 0 aromatic heterocycles. The van der Waals surface area contributed by atoms with E-state index in [1.165, 1.54) is 0 Å². The summed E-state index contributed by atoms with van der Waals surface area (Å²) in [6.45, 7) is 4.20. The average Bonchev–Trinajstić information content (AvgIpc) is 2.20. The molecule has 0 unspecified atom stereocenters. The third-order valence-corrected chi connectivity index (χ3v) is 5.97. The predicted molar refractivity (Wildman–Crippen MR) is 64.0 cm³/mol. The van der Waals surface area contributed by atoms with Gasteiger partial charge in [0, 0.05) is 17.6 Å². The molecule has 0 N–H and O–H groups in total. The zero-order valence-electron chi connectivity index (χ0n) is 9.07. The van der Waals surface area contributed by atoms with E-state index in [1.54, 1.807) is 0 Å². The van der Waals surface area contributed by atoms with E-state index in [2.05, 4.69) is 13.8 Å². The van der Waals surface area contributed by atoms with Gasteiger partial charge in [-0.2, -0.15) is 0 Å². The number of hydrogen-bond donors (Lipinski definition) is 0. The molecule has 1 rings (SSSR count). The van der Waals surface area contributed by atoms with Gasteiger partial charge in [0.15, 0.2) is 0 Å². The Morgan fingerprint density at radius 2 is 1.50 bits per heavy atom. The van der Waals surface area contributed by atoms with Crippen LogP contribution in [-0.2, 0) is 4.57 Å². The van der Waals surface area contributed by atoms with Gasteiger partial charge in [-0.05, 0) is 12.8 Å². The van der Waals surface area contributed by atoms with E-state index >= 15 is 0 Å². The molecule has 0 heterocycles. The zero-order valence-corrected chi connectivity index (χ0v) is 9.97. The molecule has 0 saturated heterocycles. The molecule has 1 aromatic carbocycles. The summed E-state index contributed by atoms with van der Waals surface area (Å²) in [5.41, 5.74) is 0. The third kappa shape index (κ3) is 2.72. The molecule has 14 heavy (non-hydrogen) atoms. The first kappa shape index (κ1) is 11.5. The molecule has 0 amide bonds. The lowest BCUT2D eigenvalue weighted by Gasteiger charge is -2.16. The Kier molecular flexibility index (Phi) is 4.41. The maximum Gasteiger partial charge on any atom is 0.115 e. The summed E-state index contributed by atoms with van der Waals surface area (Å²) in [7, 11) is -2.07. The first-order chi connectivity index (χ1) is 6.73. The molecule has 0 saturated carbocycles. The van der Waals surface area contributed by atoms with E-state index in [-0.39, 0.29) is 0 Å². The van der Waals surface area contributed by atoms with Crippen molar-refractivity contribution in [2.75, 3.05) is 12.3 Å². The fourth-order valence-electron chi connectivity index (χ4n) is 1.79. The Hall–Kier alpha value is -0.550. The van der Waals surface area contributed by atoms with Crippen LogP contribution in [0, 0.1) is 0 Å². The van der Waals surface area contributed by atoms with Crippen LogP contribution < -0.4 is 5.30 Å². The minimum atomic E-state index is -2.07. The van der Waals surface area contributed by atoms with Gasteiger partial charge in [0.05, 0.1) is 0 Å². The molecule has 0 aliphatic heterocycles. The van der Waals surface area contributed by atoms with Crippen LogP contribution in [0.4, 0.5) is 0 Å². The summed E-state index contributed by atoms with van der Waals surface area (Å²) in [5.74, 6) is 0. The second-order valence-electron chi connectivity index (χ2n) is 3.67. The van der Waals surface area contributed by atoms with Crippen molar-refractivity contribution in [3.63, 3.8) is 0 Å². The summed E-state index contributed by atoms with van der Waals surface area (Å²) in [6, 6.07) is 9.95. The molecular formula is C12H19OP. The second kappa shape index (κ2) is 5.36. The zero-order chi connectivity index (χ0) is 10.4. The highest BCUT2D eigenvalue weighted by molar-refractivity contribution is 7.71. The molecule has 0 aliphatic rings. The Morgan fingerprint density at radius 3 is 1.93 bits per heavy atom. The van der Waals surface area contributed by atoms with Crippen LogP contribution >= 0.6 is 7.14 Å². The van der Waals surface area contributed by atoms with Gasteiger partial charge >= 0.3 is 0 Å². The average molecular weight is 210 g/mol. The van der Waals surface area contributed by atoms with Gasteiger partial charge in [-0.15, -0.1) is 0 Å². The molecule has 1 nitrogen and oxygen atoms in total. The van der Waals surface area contributed by atoms with E-state index in [1.807, 2.05) is 30.3 Å². The molecule has 0 atom stereocenters. The minimum absolute atomic E-state index is 0.852. The Balaban J connectivity index is 2.94. The largest absolute Gasteiger partial charge is 0.319 e. The monoisotopic (exact) mass is 210 g/mol. The van der Waals surface area contributed by atoms with E-state index in [4.69, 9.17) is 0 Å². The summed E-state index contributed by atoms with van der Waals surface area (Å²) in [4.78, 5) is 0. The first-order valence-corrected chi connectivity index (χ1v) is 7.44. The molecule has 0 radical (unpaired) electrons. The molecule has 0 spiro atoms. The van der Waals surface area contributed by atoms with E-state index in [0.717, 1.165) is 30.5 Å². The highest BCUT2D eigenvalue weighted by Crippen LogP contribution is 2.45. The normalized spacial score (nSPS) is 11.6. The summed E-state index contributed by atoms with van der Waals surface area (Å²) in [5, 5.41) is 1.06. The summed E-state index contributed by atoms with van der Waals surface area (Å²) in [6.07, 6.45) is 3.72. The number of benzene rings is 1. The van der Waals surface area contributed by atoms with E-state index < -0.39 is 7.14 Å². The van der Waals surface area contributed by atoms with Crippen molar-refractivity contribution in [3.05, 3.63) is 30.3 Å². The molecular weight excluding hydrogens is 191 g/mol. The van der Waals surface area contributed by atoms with Gasteiger partial charge in [-0.25, -0.2) is 0 Å². The standard InChI is InChI=1S/C12H19OP/c1-3-10-14(13,11-4-2)12-8-6-5-7-9-12/h5-9H,3-4,10-11H2,1-2H3. The van der Waals surface area contributed by atoms with Crippen LogP contribution in [-0.4, -0.2) is 12.3 Å². The highest BCUT2D eigenvalue weighted by atomic mass is 31.2. The lowest BCUT2D eigenvalue weighted by molar-refractivity contribution is 0.579. The van der Waals surface area contributed by atoms with Crippen LogP contribution in [0.2, 0.25) is 0 Å². The Morgan fingerprint density at radius 1 is 1.00 bits per heavy atom. The van der Waals surface area contributed by atoms with Gasteiger partial charge in [-0.3, -0.25) is 0 Å². The predicted octanol–water partition coefficient (Wildman–Crippen LogP) is 3.50. The van der Waals surface area contributed by atoms with Crippen LogP contribution in [0.3, 0.4) is 0 Å². The van der Waals surface area contributed by atoms with Crippen molar-refractivity contribution in [2.45, 2.75) is 26.7 Å². The first-order valence-electron chi connectivity index (χ1n) is 5.36. The van der Waals surface area contributed by atoms with Gasteiger partial charge in [0.2, 0.25) is 0 Å². The van der Waals surface area contributed by atoms with E-state index in [9.17, 15) is 4.57 Å². The lowest BCUT2D eigenvalue weighted by Crippen LogP contribution is -2.09. The van der Waals surface area contributed by atoms with Crippen molar-refractivity contribution < 1.29 is 4.57 Å². The van der Waals surface area contributed by atoms with Crippen LogP contribution in [0.25, 0.3) is 0 Å². The van der Waals surface area contributed by atoms with Crippen molar-refractivity contribution in [1.82, 2.24) is 0 Å². The third-order valence-electron chi connectivity index (χ3n) is 2.40. The van der Waals surface area contributed by atoms with Crippen molar-refractivity contribution in [3.8, 4) is 0 Å². The second-order valence-corrected chi connectivity index (χ2v) is 6.86. The smallest absolute Gasteiger partial charge is 0.115 e. The quantitative estimate of drug-likeness (QED) is 0.680. The minimum Gasteiger partial charge on any atom is -0.319 e. The highest BCUT2D eigenvalue weighted by Gasteiger charge is 2.21. The molecule has 0 bridgehead atoms. The van der Waals surface area contributed by atoms with Gasteiger partial charge in [-0.1, -0.05) is 44.2 Å². The maximum absolute atomic E-state index is 12.6. The SMILES string of the molecule is CCCP(=O)(CCC)c1ccccc1. The van der Waals surface area contributed by atoms with Crippen LogP contribution in [0.5, 0.6) is 0 Å². The van der Waals surface area contributed by atoms with Crippen molar-refractivity contribution >= 4 is 12.4 Å². The number of rotatable bonds is 5. The van der Waals surface area contributed by atoms with Crippen molar-refractivity contribution in [2.24, 2.45) is 0 Å². The molecule has 0 aliphatic carbocycles. The topological polar surface area (TPSA) is 17.1 Å². The Labute approximate surface area is 86.9 Å². The van der Waals surface area contributed by atoms with E-state index in [0.29, 0.717) is 0 Å².